The van der Waals surface area contributed by atoms with Crippen LogP contribution in [0.15, 0.2) is 40.7 Å². The van der Waals surface area contributed by atoms with Gasteiger partial charge in [-0.2, -0.15) is 0 Å². The Bertz CT molecular complexity index is 1300. The highest BCUT2D eigenvalue weighted by Crippen LogP contribution is 2.42. The van der Waals surface area contributed by atoms with Gasteiger partial charge in [-0.25, -0.2) is 14.3 Å². The Morgan fingerprint density at radius 2 is 1.97 bits per heavy atom. The zero-order valence-electron chi connectivity index (χ0n) is 18.8. The number of hydrogen-bond acceptors (Lipinski definition) is 10. The van der Waals surface area contributed by atoms with Gasteiger partial charge in [-0.3, -0.25) is 14.5 Å². The van der Waals surface area contributed by atoms with Crippen molar-refractivity contribution < 1.29 is 29.0 Å². The highest BCUT2D eigenvalue weighted by Gasteiger charge is 2.54. The number of carbonyl (C=O) groups is 4. The average molecular weight is 608 g/mol. The van der Waals surface area contributed by atoms with E-state index in [1.165, 1.54) is 57.4 Å². The molecule has 0 bridgehead atoms. The summed E-state index contributed by atoms with van der Waals surface area (Å²) < 4.78 is 4.77. The second-order valence-corrected chi connectivity index (χ2v) is 12.3. The van der Waals surface area contributed by atoms with Crippen LogP contribution in [0.25, 0.3) is 0 Å². The number of tetrazole rings is 1. The van der Waals surface area contributed by atoms with Crippen molar-refractivity contribution in [2.24, 2.45) is 7.05 Å². The van der Waals surface area contributed by atoms with Crippen molar-refractivity contribution >= 4 is 82.1 Å². The van der Waals surface area contributed by atoms with E-state index in [2.05, 4.69) is 20.8 Å². The van der Waals surface area contributed by atoms with E-state index in [9.17, 15) is 24.3 Å². The van der Waals surface area contributed by atoms with Gasteiger partial charge in [0.2, 0.25) is 8.95 Å². The lowest BCUT2D eigenvalue weighted by Crippen LogP contribution is -2.70. The number of β-lactam (4-membered cyclic amide) rings is 1. The molecule has 17 heteroatoms. The summed E-state index contributed by atoms with van der Waals surface area (Å²) in [5.41, 5.74) is 0.266. The number of benzene rings is 1. The topological polar surface area (TPSA) is 157 Å². The van der Waals surface area contributed by atoms with Crippen molar-refractivity contribution in [3.8, 4) is 0 Å². The lowest BCUT2D eigenvalue weighted by molar-refractivity contribution is -0.151. The molecular weight excluding hydrogens is 591 g/mol. The molecule has 1 unspecified atom stereocenters. The summed E-state index contributed by atoms with van der Waals surface area (Å²) in [7, 11) is 1.66. The number of aryl methyl sites for hydroxylation is 1. The van der Waals surface area contributed by atoms with Gasteiger partial charge in [-0.05, 0) is 28.1 Å². The number of carboxylic acid groups (broad SMARTS) is 1. The number of nitrogens with zero attached hydrogens (tertiary/aromatic N) is 5. The van der Waals surface area contributed by atoms with Crippen LogP contribution in [-0.2, 0) is 21.4 Å². The van der Waals surface area contributed by atoms with E-state index in [1.807, 2.05) is 0 Å². The number of carbonyl (C=O) groups excluding carboxylic acids is 3. The number of hydrogen-bond donors (Lipinski definition) is 2. The fraction of sp³-hybridized carbons (Fsp3) is 0.350. The largest absolute Gasteiger partial charge is 0.478 e. The molecule has 2 atom stereocenters. The molecule has 0 saturated carbocycles. The number of thioether (sulfide) groups is 2. The molecule has 2 aliphatic heterocycles. The summed E-state index contributed by atoms with van der Waals surface area (Å²) in [5.74, 6) is -2.85. The summed E-state index contributed by atoms with van der Waals surface area (Å²) >= 11 is 19.7. The van der Waals surface area contributed by atoms with E-state index in [1.54, 1.807) is 7.05 Å². The second kappa shape index (κ2) is 11.1. The number of aromatic nitrogens is 4. The first-order chi connectivity index (χ1) is 17.5. The zero-order valence-corrected chi connectivity index (χ0v) is 22.7. The fourth-order valence-corrected chi connectivity index (χ4v) is 6.08. The van der Waals surface area contributed by atoms with Crippen molar-refractivity contribution in [1.29, 1.82) is 0 Å². The summed E-state index contributed by atoms with van der Waals surface area (Å²) in [6, 6.07) is 4.66. The minimum atomic E-state index is -1.86. The molecule has 2 N–H and O–H groups in total. The third-order valence-electron chi connectivity index (χ3n) is 5.25. The van der Waals surface area contributed by atoms with Crippen molar-refractivity contribution in [2.75, 3.05) is 18.1 Å². The normalized spacial score (nSPS) is 19.2. The van der Waals surface area contributed by atoms with Gasteiger partial charge in [0, 0.05) is 18.6 Å². The van der Waals surface area contributed by atoms with Crippen molar-refractivity contribution in [2.45, 2.75) is 20.4 Å². The summed E-state index contributed by atoms with van der Waals surface area (Å²) in [4.78, 5) is 51.7. The number of aromatic carboxylic acids is 1. The molecule has 0 radical (unpaired) electrons. The number of rotatable bonds is 8. The molecule has 2 aromatic rings. The first-order valence-electron chi connectivity index (χ1n) is 10.4. The minimum absolute atomic E-state index is 0.0120. The van der Waals surface area contributed by atoms with E-state index in [4.69, 9.17) is 39.5 Å². The van der Waals surface area contributed by atoms with Crippen molar-refractivity contribution in [1.82, 2.24) is 30.4 Å². The number of amides is 2. The number of esters is 1. The van der Waals surface area contributed by atoms with Crippen LogP contribution in [0, 0.1) is 0 Å². The Balaban J connectivity index is 1.55. The Hall–Kier alpha value is -2.52. The molecule has 0 spiro atoms. The van der Waals surface area contributed by atoms with Crippen LogP contribution in [0.2, 0.25) is 0 Å². The van der Waals surface area contributed by atoms with Crippen LogP contribution in [0.3, 0.4) is 0 Å². The molecule has 1 fully saturated rings. The third kappa shape index (κ3) is 5.98. The van der Waals surface area contributed by atoms with Crippen molar-refractivity contribution in [3.05, 3.63) is 46.7 Å². The highest BCUT2D eigenvalue weighted by molar-refractivity contribution is 8.01. The van der Waals surface area contributed by atoms with Gasteiger partial charge in [0.25, 0.3) is 11.8 Å². The number of alkyl halides is 3. The standard InChI is InChI=1S/C20H17Cl3N6O6S2/c1-28-19(25-26-27-28)37-7-9-6-36-16-12(24-14(30)10-4-2-3-5-11(10)17(32)33)15(31)29(16)13(9)18(34)35-8-20(21,22)23/h2-5,12,16H,6-8H2,1H3,(H,24,30)(H,32,33)/t12?,16-/m0/s1. The predicted molar refractivity (Wildman–Crippen MR) is 136 cm³/mol. The molecule has 0 aliphatic carbocycles. The van der Waals surface area contributed by atoms with Gasteiger partial charge in [-0.15, -0.1) is 16.9 Å². The quantitative estimate of drug-likeness (QED) is 0.195. The summed E-state index contributed by atoms with van der Waals surface area (Å²) in [5, 5.41) is 23.0. The Morgan fingerprint density at radius 3 is 2.59 bits per heavy atom. The second-order valence-electron chi connectivity index (χ2n) is 7.73. The number of nitrogens with one attached hydrogen (secondary N) is 1. The molecule has 1 aromatic heterocycles. The molecule has 2 aliphatic rings. The Kier molecular flexibility index (Phi) is 8.23. The van der Waals surface area contributed by atoms with E-state index >= 15 is 0 Å². The first kappa shape index (κ1) is 27.5. The third-order valence-corrected chi connectivity index (χ3v) is 8.02. The summed E-state index contributed by atoms with van der Waals surface area (Å²) in [6.07, 6.45) is 0. The number of fused-ring (bicyclic) bond motifs is 1. The molecule has 37 heavy (non-hydrogen) atoms. The van der Waals surface area contributed by atoms with Crippen LogP contribution in [0.1, 0.15) is 20.7 Å². The molecule has 1 saturated heterocycles. The van der Waals surface area contributed by atoms with Gasteiger partial charge in [0.1, 0.15) is 23.7 Å². The monoisotopic (exact) mass is 606 g/mol. The van der Waals surface area contributed by atoms with E-state index in [-0.39, 0.29) is 22.6 Å². The predicted octanol–water partition coefficient (Wildman–Crippen LogP) is 1.88. The van der Waals surface area contributed by atoms with Gasteiger partial charge in [0.05, 0.1) is 11.1 Å². The molecule has 1 aromatic carbocycles. The molecule has 2 amide bonds. The average Bonchev–Trinajstić information content (AvgIpc) is 3.27. The SMILES string of the molecule is Cn1nnnc1SCC1=C(C(=O)OCC(Cl)(Cl)Cl)N2C(=O)C(NC(=O)c3ccccc3C(=O)O)[C@@H]2SC1. The van der Waals surface area contributed by atoms with Gasteiger partial charge in [-0.1, -0.05) is 58.7 Å². The van der Waals surface area contributed by atoms with E-state index < -0.39 is 45.6 Å². The van der Waals surface area contributed by atoms with Gasteiger partial charge >= 0.3 is 11.9 Å². The lowest BCUT2D eigenvalue weighted by Gasteiger charge is -2.49. The fourth-order valence-electron chi connectivity index (χ4n) is 3.58. The van der Waals surface area contributed by atoms with Gasteiger partial charge in [0.15, 0.2) is 0 Å². The van der Waals surface area contributed by atoms with Crippen LogP contribution < -0.4 is 5.32 Å². The van der Waals surface area contributed by atoms with E-state index in [0.29, 0.717) is 16.5 Å². The summed E-state index contributed by atoms with van der Waals surface area (Å²) in [6.45, 7) is -0.542. The smallest absolute Gasteiger partial charge is 0.355 e. The van der Waals surface area contributed by atoms with Crippen molar-refractivity contribution in [3.63, 3.8) is 0 Å². The molecule has 196 valence electrons. The maximum absolute atomic E-state index is 13.1. The molecule has 3 heterocycles. The number of carboxylic acids is 1. The minimum Gasteiger partial charge on any atom is -0.478 e. The number of ether oxygens (including phenoxy) is 1. The van der Waals surface area contributed by atoms with Crippen LogP contribution >= 0.6 is 58.3 Å². The lowest BCUT2D eigenvalue weighted by atomic mass is 10.0. The Labute approximate surface area is 233 Å². The van der Waals surface area contributed by atoms with Crippen LogP contribution in [0.4, 0.5) is 0 Å². The maximum atomic E-state index is 13.1. The zero-order chi connectivity index (χ0) is 26.9. The molecular formula is C20H17Cl3N6O6S2. The van der Waals surface area contributed by atoms with Gasteiger partial charge < -0.3 is 15.2 Å². The van der Waals surface area contributed by atoms with E-state index in [0.717, 1.165) is 0 Å². The van der Waals surface area contributed by atoms with Crippen LogP contribution in [-0.4, -0.2) is 87.3 Å². The molecule has 4 rings (SSSR count). The maximum Gasteiger partial charge on any atom is 0.355 e. The number of halogens is 3. The first-order valence-corrected chi connectivity index (χ1v) is 13.5. The Morgan fingerprint density at radius 1 is 1.27 bits per heavy atom. The van der Waals surface area contributed by atoms with Crippen LogP contribution in [0.5, 0.6) is 0 Å². The molecule has 12 nitrogen and oxygen atoms in total. The highest BCUT2D eigenvalue weighted by atomic mass is 35.6.